The number of fused-ring (bicyclic) bond motifs is 4. The van der Waals surface area contributed by atoms with Crippen molar-refractivity contribution in [1.82, 2.24) is 0 Å². The summed E-state index contributed by atoms with van der Waals surface area (Å²) in [6, 6.07) is 0. The van der Waals surface area contributed by atoms with E-state index in [0.717, 1.165) is 0 Å². The minimum atomic E-state index is -1.14. The number of carboxylic acids is 2. The molecule has 0 radical (unpaired) electrons. The summed E-state index contributed by atoms with van der Waals surface area (Å²) in [5.41, 5.74) is 0. The van der Waals surface area contributed by atoms with Crippen LogP contribution in [0.5, 0.6) is 0 Å². The normalized spacial score (nSPS) is 38.1. The van der Waals surface area contributed by atoms with Gasteiger partial charge >= 0.3 is 11.9 Å². The van der Waals surface area contributed by atoms with Crippen LogP contribution < -0.4 is 0 Å². The molecule has 0 saturated heterocycles. The first-order valence-corrected chi connectivity index (χ1v) is 5.50. The fourth-order valence-electron chi connectivity index (χ4n) is 3.18. The van der Waals surface area contributed by atoms with Crippen molar-refractivity contribution in [3.8, 4) is 0 Å². The predicted molar refractivity (Wildman–Crippen MR) is 52.7 cm³/mol. The lowest BCUT2D eigenvalue weighted by Crippen LogP contribution is -2.43. The molecule has 3 aliphatic carbocycles. The number of carbonyl (C=O) groups is 3. The summed E-state index contributed by atoms with van der Waals surface area (Å²) in [6.07, 6.45) is 2.06. The van der Waals surface area contributed by atoms with Crippen molar-refractivity contribution in [1.29, 1.82) is 0 Å². The van der Waals surface area contributed by atoms with Gasteiger partial charge in [-0.15, -0.1) is 0 Å². The number of carboxylic acid groups (broad SMARTS) is 2. The zero-order valence-electron chi connectivity index (χ0n) is 8.76. The van der Waals surface area contributed by atoms with E-state index in [9.17, 15) is 14.4 Å². The van der Waals surface area contributed by atoms with Crippen LogP contribution >= 0.6 is 0 Å². The van der Waals surface area contributed by atoms with Crippen LogP contribution in [0, 0.1) is 23.7 Å². The van der Waals surface area contributed by atoms with E-state index in [4.69, 9.17) is 10.2 Å². The minimum Gasteiger partial charge on any atom is -0.481 e. The molecule has 0 amide bonds. The monoisotopic (exact) mass is 226 g/mol. The van der Waals surface area contributed by atoms with Gasteiger partial charge in [-0.3, -0.25) is 14.4 Å². The third-order valence-electron chi connectivity index (χ3n) is 3.92. The van der Waals surface area contributed by atoms with E-state index in [-0.39, 0.29) is 11.7 Å². The molecule has 0 spiro atoms. The van der Waals surface area contributed by atoms with Gasteiger partial charge in [0, 0.05) is 12.3 Å². The van der Waals surface area contributed by atoms with Crippen LogP contribution in [0.2, 0.25) is 0 Å². The molecule has 16 heavy (non-hydrogen) atoms. The molecule has 0 aromatic rings. The fraction of sp³-hybridized carbons (Fsp3) is 0.727. The van der Waals surface area contributed by atoms with Gasteiger partial charge < -0.3 is 10.2 Å². The number of hydrogen-bond donors (Lipinski definition) is 2. The number of carbonyl (C=O) groups excluding carboxylic acids is 1. The van der Waals surface area contributed by atoms with Gasteiger partial charge in [0.1, 0.15) is 5.78 Å². The lowest BCUT2D eigenvalue weighted by Gasteiger charge is -2.34. The highest BCUT2D eigenvalue weighted by molar-refractivity contribution is 5.90. The summed E-state index contributed by atoms with van der Waals surface area (Å²) in [5.74, 6) is -4.93. The molecule has 0 aromatic heterocycles. The predicted octanol–water partition coefficient (Wildman–Crippen LogP) is 0.777. The Kier molecular flexibility index (Phi) is 2.69. The van der Waals surface area contributed by atoms with E-state index in [0.29, 0.717) is 25.7 Å². The largest absolute Gasteiger partial charge is 0.481 e. The Morgan fingerprint density at radius 3 is 2.19 bits per heavy atom. The van der Waals surface area contributed by atoms with Crippen LogP contribution in [0.25, 0.3) is 0 Å². The first-order chi connectivity index (χ1) is 7.52. The molecule has 3 fully saturated rings. The molecule has 88 valence electrons. The van der Waals surface area contributed by atoms with Crippen LogP contribution in [0.4, 0.5) is 0 Å². The van der Waals surface area contributed by atoms with E-state index in [1.165, 1.54) is 0 Å². The molecular weight excluding hydrogens is 212 g/mol. The third-order valence-corrected chi connectivity index (χ3v) is 3.92. The second kappa shape index (κ2) is 3.88. The average molecular weight is 226 g/mol. The molecule has 4 atom stereocenters. The molecule has 0 aliphatic heterocycles. The molecule has 3 rings (SSSR count). The molecule has 2 N–H and O–H groups in total. The highest BCUT2D eigenvalue weighted by atomic mass is 16.4. The summed E-state index contributed by atoms with van der Waals surface area (Å²) in [5, 5.41) is 18.2. The first-order valence-electron chi connectivity index (χ1n) is 5.50. The summed E-state index contributed by atoms with van der Waals surface area (Å²) in [7, 11) is 0. The van der Waals surface area contributed by atoms with E-state index in [1.54, 1.807) is 0 Å². The van der Waals surface area contributed by atoms with Crippen LogP contribution in [-0.4, -0.2) is 27.9 Å². The van der Waals surface area contributed by atoms with Gasteiger partial charge in [0.15, 0.2) is 0 Å². The van der Waals surface area contributed by atoms with Crippen LogP contribution in [-0.2, 0) is 14.4 Å². The van der Waals surface area contributed by atoms with Crippen LogP contribution in [0.15, 0.2) is 0 Å². The topological polar surface area (TPSA) is 91.7 Å². The second-order valence-electron chi connectivity index (χ2n) is 4.68. The smallest absolute Gasteiger partial charge is 0.308 e. The summed E-state index contributed by atoms with van der Waals surface area (Å²) >= 11 is 0. The van der Waals surface area contributed by atoms with Gasteiger partial charge in [-0.25, -0.2) is 0 Å². The average Bonchev–Trinajstić information content (AvgIpc) is 2.47. The number of Topliss-reactive ketones (excluding diaryl/α,β-unsaturated/α-hetero) is 1. The zero-order chi connectivity index (χ0) is 11.9. The highest BCUT2D eigenvalue weighted by Gasteiger charge is 2.51. The van der Waals surface area contributed by atoms with E-state index in [2.05, 4.69) is 0 Å². The van der Waals surface area contributed by atoms with Crippen molar-refractivity contribution < 1.29 is 24.6 Å². The Morgan fingerprint density at radius 2 is 1.62 bits per heavy atom. The lowest BCUT2D eigenvalue weighted by molar-refractivity contribution is -0.161. The maximum Gasteiger partial charge on any atom is 0.308 e. The van der Waals surface area contributed by atoms with Gasteiger partial charge in [-0.05, 0) is 25.2 Å². The minimum absolute atomic E-state index is 0.0707. The molecule has 4 unspecified atom stereocenters. The number of ketones is 1. The van der Waals surface area contributed by atoms with Gasteiger partial charge in [-0.2, -0.15) is 0 Å². The maximum atomic E-state index is 11.7. The molecule has 5 heteroatoms. The van der Waals surface area contributed by atoms with Crippen molar-refractivity contribution in [2.24, 2.45) is 23.7 Å². The molecule has 5 nitrogen and oxygen atoms in total. The van der Waals surface area contributed by atoms with Crippen molar-refractivity contribution in [2.45, 2.75) is 25.7 Å². The molecule has 3 aliphatic rings. The van der Waals surface area contributed by atoms with Crippen molar-refractivity contribution in [2.75, 3.05) is 0 Å². The van der Waals surface area contributed by atoms with Gasteiger partial charge in [0.25, 0.3) is 0 Å². The number of hydrogen-bond acceptors (Lipinski definition) is 3. The standard InChI is InChI=1S/C11H14O5/c12-7-4-2-5-1-3-6(7)9(11(15)16)8(5)10(13)14/h5-6,8-9H,1-4H2,(H,13,14)(H,15,16). The Balaban J connectivity index is 2.40. The third kappa shape index (κ3) is 1.60. The zero-order valence-corrected chi connectivity index (χ0v) is 8.76. The van der Waals surface area contributed by atoms with Gasteiger partial charge in [0.2, 0.25) is 0 Å². The Hall–Kier alpha value is -1.39. The quantitative estimate of drug-likeness (QED) is 0.725. The Labute approximate surface area is 92.5 Å². The molecule has 0 heterocycles. The molecule has 2 bridgehead atoms. The van der Waals surface area contributed by atoms with Gasteiger partial charge in [0.05, 0.1) is 11.8 Å². The SMILES string of the molecule is O=C1CCC2CCC1C(C(=O)O)C2C(=O)O. The van der Waals surface area contributed by atoms with E-state index >= 15 is 0 Å². The summed E-state index contributed by atoms with van der Waals surface area (Å²) < 4.78 is 0. The van der Waals surface area contributed by atoms with Crippen LogP contribution in [0.3, 0.4) is 0 Å². The molecule has 0 aromatic carbocycles. The maximum absolute atomic E-state index is 11.7. The highest BCUT2D eigenvalue weighted by Crippen LogP contribution is 2.45. The number of aliphatic carboxylic acids is 2. The van der Waals surface area contributed by atoms with Crippen molar-refractivity contribution in [3.63, 3.8) is 0 Å². The first kappa shape index (κ1) is 11.1. The second-order valence-corrected chi connectivity index (χ2v) is 4.68. The Morgan fingerprint density at radius 1 is 1.00 bits per heavy atom. The summed E-state index contributed by atoms with van der Waals surface area (Å²) in [4.78, 5) is 34.0. The Bertz CT molecular complexity index is 348. The number of rotatable bonds is 2. The molecule has 3 saturated carbocycles. The summed E-state index contributed by atoms with van der Waals surface area (Å²) in [6.45, 7) is 0. The van der Waals surface area contributed by atoms with E-state index in [1.807, 2.05) is 0 Å². The van der Waals surface area contributed by atoms with E-state index < -0.39 is 29.7 Å². The fourth-order valence-corrected chi connectivity index (χ4v) is 3.18. The van der Waals surface area contributed by atoms with Gasteiger partial charge in [-0.1, -0.05) is 0 Å². The van der Waals surface area contributed by atoms with Crippen molar-refractivity contribution in [3.05, 3.63) is 0 Å². The molecular formula is C11H14O5. The lowest BCUT2D eigenvalue weighted by atomic mass is 9.67. The van der Waals surface area contributed by atoms with Crippen molar-refractivity contribution >= 4 is 17.7 Å². The van der Waals surface area contributed by atoms with Crippen LogP contribution in [0.1, 0.15) is 25.7 Å².